The van der Waals surface area contributed by atoms with E-state index in [4.69, 9.17) is 0 Å². The normalized spacial score (nSPS) is 18.9. The van der Waals surface area contributed by atoms with Gasteiger partial charge in [0.1, 0.15) is 0 Å². The zero-order chi connectivity index (χ0) is 59.8. The number of hydrogen-bond acceptors (Lipinski definition) is 15. The summed E-state index contributed by atoms with van der Waals surface area (Å²) in [6, 6.07) is 40.6. The van der Waals surface area contributed by atoms with Gasteiger partial charge in [0.05, 0.1) is 22.6 Å². The molecule has 0 aliphatic carbocycles. The molecule has 15 nitrogen and oxygen atoms in total. The van der Waals surface area contributed by atoms with E-state index in [1.165, 1.54) is 5.39 Å². The van der Waals surface area contributed by atoms with Crippen molar-refractivity contribution in [2.45, 2.75) is 173 Å². The van der Waals surface area contributed by atoms with Gasteiger partial charge in [0.15, 0.2) is 17.5 Å². The molecule has 3 aliphatic rings. The minimum atomic E-state index is 0.104. The van der Waals surface area contributed by atoms with Gasteiger partial charge in [0, 0.05) is 136 Å². The number of nitrogens with zero attached hydrogens (tertiary/aromatic N) is 12. The molecule has 84 heavy (non-hydrogen) atoms. The van der Waals surface area contributed by atoms with Gasteiger partial charge in [-0.15, -0.1) is 30.6 Å². The number of pyridine rings is 3. The van der Waals surface area contributed by atoms with Gasteiger partial charge in [-0.3, -0.25) is 15.0 Å². The van der Waals surface area contributed by atoms with Crippen molar-refractivity contribution in [1.82, 2.24) is 61.5 Å². The van der Waals surface area contributed by atoms with Crippen LogP contribution in [-0.2, 0) is 0 Å². The Kier molecular flexibility index (Phi) is 16.6. The average molecular weight is 1130 g/mol. The van der Waals surface area contributed by atoms with Crippen LogP contribution in [0.2, 0.25) is 0 Å². The highest BCUT2D eigenvalue weighted by molar-refractivity contribution is 5.87. The van der Waals surface area contributed by atoms with Crippen molar-refractivity contribution in [3.8, 4) is 33.8 Å². The van der Waals surface area contributed by atoms with Crippen LogP contribution in [0.4, 0.5) is 17.5 Å². The number of benzene rings is 3. The SMILES string of the molecule is CN(c1ccc(-c2ccc3ccncc3c2)nn1)C1CC(C)(C)NC(C)(C)C1.CN(c1ccc(-c2ccc3cnccc3c2)nn1)C1CC(C)(C)NC(C)(C)C1.CN(c1ccc(-c2ccc3ncccc3c2)nn1)C1CC(C)(C)NC(C)(C)C1. The second-order valence-electron chi connectivity index (χ2n) is 27.8. The molecule has 0 radical (unpaired) electrons. The van der Waals surface area contributed by atoms with Crippen LogP contribution in [0.3, 0.4) is 0 Å². The van der Waals surface area contributed by atoms with Gasteiger partial charge in [0.25, 0.3) is 0 Å². The van der Waals surface area contributed by atoms with Crippen LogP contribution in [0.5, 0.6) is 0 Å². The van der Waals surface area contributed by atoms with E-state index in [0.29, 0.717) is 18.1 Å². The van der Waals surface area contributed by atoms with Crippen molar-refractivity contribution in [1.29, 1.82) is 0 Å². The third-order valence-corrected chi connectivity index (χ3v) is 17.0. The van der Waals surface area contributed by atoms with E-state index >= 15 is 0 Å². The summed E-state index contributed by atoms with van der Waals surface area (Å²) in [6.07, 6.45) is 15.7. The Morgan fingerprint density at radius 3 is 1.11 bits per heavy atom. The molecule has 0 unspecified atom stereocenters. The van der Waals surface area contributed by atoms with E-state index in [1.807, 2.05) is 55.2 Å². The Bertz CT molecular complexity index is 3270. The average Bonchev–Trinajstić information content (AvgIpc) is 2.89. The Labute approximate surface area is 498 Å². The molecule has 9 aromatic rings. The molecule has 3 saturated heterocycles. The quantitative estimate of drug-likeness (QED) is 0.125. The first-order valence-corrected chi connectivity index (χ1v) is 29.8. The number of aromatic nitrogens is 9. The van der Waals surface area contributed by atoms with Gasteiger partial charge in [0.2, 0.25) is 0 Å². The molecule has 0 amide bonds. The highest BCUT2D eigenvalue weighted by Gasteiger charge is 2.42. The maximum Gasteiger partial charge on any atom is 0.151 e. The van der Waals surface area contributed by atoms with Crippen molar-refractivity contribution >= 4 is 49.9 Å². The lowest BCUT2D eigenvalue weighted by Gasteiger charge is -2.49. The third kappa shape index (κ3) is 14.5. The predicted molar refractivity (Wildman–Crippen MR) is 346 cm³/mol. The summed E-state index contributed by atoms with van der Waals surface area (Å²) >= 11 is 0. The van der Waals surface area contributed by atoms with Crippen LogP contribution in [0.15, 0.2) is 146 Å². The molecule has 0 saturated carbocycles. The first-order valence-electron chi connectivity index (χ1n) is 29.8. The second kappa shape index (κ2) is 23.5. The molecule has 9 heterocycles. The fourth-order valence-corrected chi connectivity index (χ4v) is 13.9. The molecular formula is C69H87N15. The standard InChI is InChI=1S/3C23H29N5/c1-22(2)13-19(14-23(3,4)27-22)28(5)21-9-8-20(25-26-21)17-6-7-18-15-24-11-10-16(18)12-17;1-22(2)13-19(14-23(3,4)27-22)28(5)21-9-8-20(25-26-21)17-7-6-16-10-11-24-15-18(16)12-17;1-22(2)14-18(15-23(3,4)27-22)28(5)21-11-10-20(25-26-21)17-8-9-19-16(13-17)7-6-12-24-19/h2*6-12,15,19,27H,13-14H2,1-5H3;6-13,18,27H,14-15H2,1-5H3. The first kappa shape index (κ1) is 59.6. The highest BCUT2D eigenvalue weighted by Crippen LogP contribution is 2.37. The number of piperidine rings is 3. The van der Waals surface area contributed by atoms with Crippen LogP contribution >= 0.6 is 0 Å². The van der Waals surface area contributed by atoms with Crippen LogP contribution < -0.4 is 30.7 Å². The van der Waals surface area contributed by atoms with Gasteiger partial charge in [-0.05, 0) is 211 Å². The molecular weight excluding hydrogens is 1040 g/mol. The Morgan fingerprint density at radius 1 is 0.345 bits per heavy atom. The van der Waals surface area contributed by atoms with E-state index in [0.717, 1.165) is 117 Å². The summed E-state index contributed by atoms with van der Waals surface area (Å²) in [5.41, 5.74) is 7.47. The number of nitrogens with one attached hydrogen (secondary N) is 3. The van der Waals surface area contributed by atoms with Crippen LogP contribution in [-0.4, -0.2) is 118 Å². The molecule has 3 N–H and O–H groups in total. The molecule has 0 spiro atoms. The summed E-state index contributed by atoms with van der Waals surface area (Å²) in [4.78, 5) is 19.6. The monoisotopic (exact) mass is 1130 g/mol. The molecule has 6 aromatic heterocycles. The van der Waals surface area contributed by atoms with Gasteiger partial charge in [-0.1, -0.05) is 36.4 Å². The van der Waals surface area contributed by atoms with E-state index in [2.05, 4.69) is 271 Å². The molecule has 3 aromatic carbocycles. The Morgan fingerprint density at radius 2 is 0.702 bits per heavy atom. The van der Waals surface area contributed by atoms with E-state index in [9.17, 15) is 0 Å². The topological polar surface area (TPSA) is 162 Å². The van der Waals surface area contributed by atoms with E-state index < -0.39 is 0 Å². The summed E-state index contributed by atoms with van der Waals surface area (Å²) in [7, 11) is 6.40. The second-order valence-corrected chi connectivity index (χ2v) is 27.8. The Balaban J connectivity index is 0.000000140. The largest absolute Gasteiger partial charge is 0.355 e. The van der Waals surface area contributed by atoms with Crippen LogP contribution in [0.1, 0.15) is 122 Å². The molecule has 438 valence electrons. The summed E-state index contributed by atoms with van der Waals surface area (Å²) in [5, 5.41) is 44.1. The summed E-state index contributed by atoms with van der Waals surface area (Å²) < 4.78 is 0. The van der Waals surface area contributed by atoms with Crippen LogP contribution in [0.25, 0.3) is 66.2 Å². The number of fused-ring (bicyclic) bond motifs is 3. The minimum Gasteiger partial charge on any atom is -0.355 e. The lowest BCUT2D eigenvalue weighted by Crippen LogP contribution is -2.62. The number of anilines is 3. The third-order valence-electron chi connectivity index (χ3n) is 17.0. The molecule has 3 aliphatic heterocycles. The fraction of sp³-hybridized carbons (Fsp3) is 0.435. The van der Waals surface area contributed by atoms with Crippen LogP contribution in [0, 0.1) is 0 Å². The molecule has 3 fully saturated rings. The van der Waals surface area contributed by atoms with Crippen molar-refractivity contribution in [3.05, 3.63) is 146 Å². The van der Waals surface area contributed by atoms with Gasteiger partial charge < -0.3 is 30.7 Å². The zero-order valence-electron chi connectivity index (χ0n) is 52.2. The van der Waals surface area contributed by atoms with Crippen molar-refractivity contribution < 1.29 is 0 Å². The van der Waals surface area contributed by atoms with Crippen molar-refractivity contribution in [2.75, 3.05) is 35.8 Å². The van der Waals surface area contributed by atoms with Gasteiger partial charge >= 0.3 is 0 Å². The van der Waals surface area contributed by atoms with Gasteiger partial charge in [-0.2, -0.15) is 0 Å². The summed E-state index contributed by atoms with van der Waals surface area (Å²) in [5.74, 6) is 2.77. The maximum absolute atomic E-state index is 4.55. The lowest BCUT2D eigenvalue weighted by atomic mass is 9.79. The van der Waals surface area contributed by atoms with Gasteiger partial charge in [-0.25, -0.2) is 0 Å². The number of rotatable bonds is 9. The van der Waals surface area contributed by atoms with E-state index in [-0.39, 0.29) is 33.2 Å². The molecule has 12 rings (SSSR count). The highest BCUT2D eigenvalue weighted by atomic mass is 15.3. The maximum atomic E-state index is 4.55. The van der Waals surface area contributed by atoms with E-state index in [1.54, 1.807) is 0 Å². The zero-order valence-corrected chi connectivity index (χ0v) is 52.2. The predicted octanol–water partition coefficient (Wildman–Crippen LogP) is 13.3. The number of hydrogen-bond donors (Lipinski definition) is 3. The fourth-order valence-electron chi connectivity index (χ4n) is 13.9. The summed E-state index contributed by atoms with van der Waals surface area (Å²) in [6.45, 7) is 27.3. The smallest absolute Gasteiger partial charge is 0.151 e. The molecule has 0 bridgehead atoms. The molecule has 15 heteroatoms. The molecule has 0 atom stereocenters. The lowest BCUT2D eigenvalue weighted by molar-refractivity contribution is 0.160. The first-order chi connectivity index (χ1) is 39.7. The minimum absolute atomic E-state index is 0.104. The Hall–Kier alpha value is -7.59. The van der Waals surface area contributed by atoms with Crippen molar-refractivity contribution in [2.24, 2.45) is 0 Å². The van der Waals surface area contributed by atoms with Crippen molar-refractivity contribution in [3.63, 3.8) is 0 Å².